The van der Waals surface area contributed by atoms with Gasteiger partial charge in [0, 0.05) is 6.42 Å². The molecule has 5 nitrogen and oxygen atoms in total. The molecule has 0 saturated heterocycles. The lowest BCUT2D eigenvalue weighted by Gasteiger charge is -2.20. The predicted octanol–water partition coefficient (Wildman–Crippen LogP) is 3.77. The molecular weight excluding hydrogens is 421 g/mol. The molecule has 32 heavy (non-hydrogen) atoms. The monoisotopic (exact) mass is 440 g/mol. The van der Waals surface area contributed by atoms with E-state index in [2.05, 4.69) is 5.32 Å². The van der Waals surface area contributed by atoms with Crippen molar-refractivity contribution >= 4 is 17.6 Å². The van der Waals surface area contributed by atoms with Crippen molar-refractivity contribution < 1.29 is 27.6 Å². The van der Waals surface area contributed by atoms with Crippen molar-refractivity contribution in [2.45, 2.75) is 18.6 Å². The van der Waals surface area contributed by atoms with E-state index in [9.17, 15) is 27.6 Å². The summed E-state index contributed by atoms with van der Waals surface area (Å²) in [6.45, 7) is 0. The first-order valence-corrected chi connectivity index (χ1v) is 9.62. The van der Waals surface area contributed by atoms with E-state index in [0.717, 1.165) is 6.07 Å². The number of hydrogen-bond acceptors (Lipinski definition) is 3. The van der Waals surface area contributed by atoms with Crippen LogP contribution in [0.4, 0.5) is 13.2 Å². The summed E-state index contributed by atoms with van der Waals surface area (Å²) >= 11 is 0. The third-order valence-electron chi connectivity index (χ3n) is 4.83. The average Bonchev–Trinajstić information content (AvgIpc) is 2.78. The second-order valence-electron chi connectivity index (χ2n) is 7.04. The maximum Gasteiger partial charge on any atom is 0.417 e. The lowest BCUT2D eigenvalue weighted by molar-refractivity contribution is -0.138. The van der Waals surface area contributed by atoms with E-state index in [-0.39, 0.29) is 12.0 Å². The smallest absolute Gasteiger partial charge is 0.363 e. The number of primary amides is 1. The zero-order valence-corrected chi connectivity index (χ0v) is 16.7. The predicted molar refractivity (Wildman–Crippen MR) is 112 cm³/mol. The molecule has 1 atom stereocenters. The maximum atomic E-state index is 13.8. The minimum atomic E-state index is -4.82. The van der Waals surface area contributed by atoms with Gasteiger partial charge < -0.3 is 11.1 Å². The summed E-state index contributed by atoms with van der Waals surface area (Å²) in [5, 5.41) is 2.30. The van der Waals surface area contributed by atoms with Crippen LogP contribution in [0.3, 0.4) is 0 Å². The standard InChI is InChI=1S/C24H19F3N2O3/c25-24(26,27)18-13-7-12-17(16-10-5-2-6-11-16)20(18)23(32)29-19(21(30)22(28)31)14-15-8-3-1-4-9-15/h1-13,19H,14H2,(H2,28,31)(H,29,32)/t19-/m0/s1. The Balaban J connectivity index is 2.06. The number of nitrogens with two attached hydrogens (primary N) is 1. The topological polar surface area (TPSA) is 89.3 Å². The summed E-state index contributed by atoms with van der Waals surface area (Å²) < 4.78 is 41.3. The number of amides is 2. The molecule has 3 aromatic rings. The molecule has 8 heteroatoms. The van der Waals surface area contributed by atoms with Gasteiger partial charge in [-0.25, -0.2) is 0 Å². The Morgan fingerprint density at radius 2 is 1.44 bits per heavy atom. The highest BCUT2D eigenvalue weighted by Gasteiger charge is 2.37. The van der Waals surface area contributed by atoms with E-state index >= 15 is 0 Å². The molecule has 2 amide bonds. The van der Waals surface area contributed by atoms with E-state index in [4.69, 9.17) is 5.73 Å². The molecule has 3 rings (SSSR count). The fourth-order valence-electron chi connectivity index (χ4n) is 3.35. The number of Topliss-reactive ketones (excluding diaryl/α,β-unsaturated/α-hetero) is 1. The van der Waals surface area contributed by atoms with Crippen molar-refractivity contribution in [3.05, 3.63) is 95.6 Å². The van der Waals surface area contributed by atoms with Gasteiger partial charge in [-0.2, -0.15) is 13.2 Å². The summed E-state index contributed by atoms with van der Waals surface area (Å²) in [6.07, 6.45) is -4.93. The minimum absolute atomic E-state index is 0.0444. The van der Waals surface area contributed by atoms with Gasteiger partial charge >= 0.3 is 6.18 Å². The Morgan fingerprint density at radius 3 is 2.00 bits per heavy atom. The molecule has 0 aromatic heterocycles. The van der Waals surface area contributed by atoms with Crippen LogP contribution in [0.15, 0.2) is 78.9 Å². The van der Waals surface area contributed by atoms with E-state index in [1.807, 2.05) is 0 Å². The summed E-state index contributed by atoms with van der Waals surface area (Å²) in [5.74, 6) is -3.53. The van der Waals surface area contributed by atoms with E-state index in [1.54, 1.807) is 60.7 Å². The Labute approximate surface area is 182 Å². The van der Waals surface area contributed by atoms with Crippen molar-refractivity contribution in [3.8, 4) is 11.1 Å². The van der Waals surface area contributed by atoms with Gasteiger partial charge in [-0.15, -0.1) is 0 Å². The molecule has 3 aromatic carbocycles. The minimum Gasteiger partial charge on any atom is -0.363 e. The van der Waals surface area contributed by atoms with Crippen LogP contribution in [0.1, 0.15) is 21.5 Å². The molecule has 0 unspecified atom stereocenters. The summed E-state index contributed by atoms with van der Waals surface area (Å²) in [4.78, 5) is 37.0. The number of halogens is 3. The second-order valence-corrected chi connectivity index (χ2v) is 7.04. The molecule has 0 aliphatic heterocycles. The van der Waals surface area contributed by atoms with Gasteiger partial charge in [0.1, 0.15) is 6.04 Å². The zero-order chi connectivity index (χ0) is 23.3. The van der Waals surface area contributed by atoms with Crippen LogP contribution in [-0.4, -0.2) is 23.6 Å². The highest BCUT2D eigenvalue weighted by Crippen LogP contribution is 2.36. The Kier molecular flexibility index (Phi) is 6.73. The van der Waals surface area contributed by atoms with Crippen LogP contribution in [0, 0.1) is 0 Å². The van der Waals surface area contributed by atoms with Gasteiger partial charge in [0.15, 0.2) is 0 Å². The first-order valence-electron chi connectivity index (χ1n) is 9.62. The number of rotatable bonds is 7. The quantitative estimate of drug-likeness (QED) is 0.548. The molecule has 0 aliphatic carbocycles. The zero-order valence-electron chi connectivity index (χ0n) is 16.7. The van der Waals surface area contributed by atoms with Gasteiger partial charge in [0.25, 0.3) is 11.8 Å². The fourth-order valence-corrected chi connectivity index (χ4v) is 3.35. The third kappa shape index (κ3) is 5.21. The summed E-state index contributed by atoms with van der Waals surface area (Å²) in [5.41, 5.74) is 4.35. The van der Waals surface area contributed by atoms with Gasteiger partial charge in [-0.1, -0.05) is 72.8 Å². The van der Waals surface area contributed by atoms with Gasteiger partial charge in [-0.05, 0) is 22.8 Å². The average molecular weight is 440 g/mol. The fraction of sp³-hybridized carbons (Fsp3) is 0.125. The Morgan fingerprint density at radius 1 is 0.844 bits per heavy atom. The number of alkyl halides is 3. The van der Waals surface area contributed by atoms with Crippen molar-refractivity contribution in [1.29, 1.82) is 0 Å². The number of carbonyl (C=O) groups excluding carboxylic acids is 3. The maximum absolute atomic E-state index is 13.8. The van der Waals surface area contributed by atoms with Crippen molar-refractivity contribution in [3.63, 3.8) is 0 Å². The number of nitrogens with one attached hydrogen (secondary N) is 1. The SMILES string of the molecule is NC(=O)C(=O)[C@H](Cc1ccccc1)NC(=O)c1c(-c2ccccc2)cccc1C(F)(F)F. The molecule has 0 heterocycles. The summed E-state index contributed by atoms with van der Waals surface area (Å²) in [7, 11) is 0. The number of benzene rings is 3. The second kappa shape index (κ2) is 9.47. The van der Waals surface area contributed by atoms with Gasteiger partial charge in [-0.3, -0.25) is 14.4 Å². The van der Waals surface area contributed by atoms with Gasteiger partial charge in [0.2, 0.25) is 5.78 Å². The summed E-state index contributed by atoms with van der Waals surface area (Å²) in [6, 6.07) is 18.5. The lowest BCUT2D eigenvalue weighted by atomic mass is 9.93. The van der Waals surface area contributed by atoms with Crippen LogP contribution in [0.25, 0.3) is 11.1 Å². The highest BCUT2D eigenvalue weighted by molar-refractivity contribution is 6.38. The van der Waals surface area contributed by atoms with Crippen molar-refractivity contribution in [1.82, 2.24) is 5.32 Å². The van der Waals surface area contributed by atoms with Crippen molar-refractivity contribution in [2.75, 3.05) is 0 Å². The van der Waals surface area contributed by atoms with E-state index in [1.165, 1.54) is 12.1 Å². The Hall–Kier alpha value is -3.94. The molecular formula is C24H19F3N2O3. The number of ketones is 1. The highest BCUT2D eigenvalue weighted by atomic mass is 19.4. The molecule has 0 fully saturated rings. The van der Waals surface area contributed by atoms with Crippen LogP contribution in [0.5, 0.6) is 0 Å². The van der Waals surface area contributed by atoms with Crippen LogP contribution in [0.2, 0.25) is 0 Å². The molecule has 0 saturated carbocycles. The van der Waals surface area contributed by atoms with E-state index < -0.39 is 40.9 Å². The molecule has 3 N–H and O–H groups in total. The molecule has 164 valence electrons. The largest absolute Gasteiger partial charge is 0.417 e. The van der Waals surface area contributed by atoms with Crippen molar-refractivity contribution in [2.24, 2.45) is 5.73 Å². The lowest BCUT2D eigenvalue weighted by Crippen LogP contribution is -2.47. The van der Waals surface area contributed by atoms with Crippen LogP contribution >= 0.6 is 0 Å². The molecule has 0 bridgehead atoms. The Bertz CT molecular complexity index is 1130. The first kappa shape index (κ1) is 22.7. The number of carbonyl (C=O) groups is 3. The normalized spacial score (nSPS) is 12.1. The third-order valence-corrected chi connectivity index (χ3v) is 4.83. The number of hydrogen-bond donors (Lipinski definition) is 2. The molecule has 0 radical (unpaired) electrons. The van der Waals surface area contributed by atoms with Crippen LogP contribution < -0.4 is 11.1 Å². The van der Waals surface area contributed by atoms with Crippen LogP contribution in [-0.2, 0) is 22.2 Å². The molecule has 0 spiro atoms. The van der Waals surface area contributed by atoms with E-state index in [0.29, 0.717) is 11.1 Å². The van der Waals surface area contributed by atoms with Gasteiger partial charge in [0.05, 0.1) is 11.1 Å². The molecule has 0 aliphatic rings. The first-order chi connectivity index (χ1) is 15.2.